The third-order valence-corrected chi connectivity index (χ3v) is 7.40. The van der Waals surface area contributed by atoms with Crippen LogP contribution in [-0.4, -0.2) is 4.98 Å². The second kappa shape index (κ2) is 9.15. The lowest BCUT2D eigenvalue weighted by Gasteiger charge is -2.14. The van der Waals surface area contributed by atoms with E-state index in [-0.39, 0.29) is 0 Å². The fourth-order valence-electron chi connectivity index (χ4n) is 3.03. The maximum Gasteiger partial charge on any atom is 0.416 e. The summed E-state index contributed by atoms with van der Waals surface area (Å²) in [6.45, 7) is 10.8. The van der Waals surface area contributed by atoms with E-state index >= 15 is 0 Å². The summed E-state index contributed by atoms with van der Waals surface area (Å²) in [5, 5.41) is 0.760. The van der Waals surface area contributed by atoms with Crippen molar-refractivity contribution in [1.82, 2.24) is 4.98 Å². The van der Waals surface area contributed by atoms with E-state index in [1.54, 1.807) is 23.1 Å². The SMILES string of the molecule is Cc1nc(-c2ccc(C(F)(F)F)cc2)sc1CSc1cc(C(C)C)cc(C(C)C)c1. The van der Waals surface area contributed by atoms with Crippen molar-refractivity contribution in [2.75, 3.05) is 0 Å². The predicted molar refractivity (Wildman–Crippen MR) is 121 cm³/mol. The average Bonchev–Trinajstić information content (AvgIpc) is 3.06. The van der Waals surface area contributed by atoms with Crippen LogP contribution in [-0.2, 0) is 11.9 Å². The Labute approximate surface area is 184 Å². The Hall–Kier alpha value is -1.79. The number of alkyl halides is 3. The van der Waals surface area contributed by atoms with E-state index in [0.717, 1.165) is 39.0 Å². The monoisotopic (exact) mass is 449 g/mol. The Morgan fingerprint density at radius 3 is 2.00 bits per heavy atom. The minimum Gasteiger partial charge on any atom is -0.241 e. The third kappa shape index (κ3) is 5.46. The van der Waals surface area contributed by atoms with E-state index in [1.165, 1.54) is 28.2 Å². The number of thioether (sulfide) groups is 1. The molecule has 0 unspecified atom stereocenters. The Kier molecular flexibility index (Phi) is 6.98. The zero-order valence-electron chi connectivity index (χ0n) is 17.8. The highest BCUT2D eigenvalue weighted by Gasteiger charge is 2.30. The highest BCUT2D eigenvalue weighted by atomic mass is 32.2. The molecule has 1 nitrogen and oxygen atoms in total. The van der Waals surface area contributed by atoms with E-state index in [9.17, 15) is 13.2 Å². The number of nitrogens with zero attached hydrogens (tertiary/aromatic N) is 1. The van der Waals surface area contributed by atoms with Gasteiger partial charge in [0.15, 0.2) is 0 Å². The molecule has 0 aliphatic rings. The van der Waals surface area contributed by atoms with Crippen LogP contribution in [0.5, 0.6) is 0 Å². The summed E-state index contributed by atoms with van der Waals surface area (Å²) in [6.07, 6.45) is -4.32. The highest BCUT2D eigenvalue weighted by molar-refractivity contribution is 7.98. The fourth-order valence-corrected chi connectivity index (χ4v) is 5.25. The quantitative estimate of drug-likeness (QED) is 0.349. The van der Waals surface area contributed by atoms with Gasteiger partial charge in [0.1, 0.15) is 5.01 Å². The molecule has 0 atom stereocenters. The van der Waals surface area contributed by atoms with Gasteiger partial charge < -0.3 is 0 Å². The zero-order chi connectivity index (χ0) is 22.1. The minimum atomic E-state index is -4.32. The molecule has 3 aromatic rings. The maximum atomic E-state index is 12.8. The van der Waals surface area contributed by atoms with Crippen LogP contribution < -0.4 is 0 Å². The smallest absolute Gasteiger partial charge is 0.241 e. The molecule has 0 spiro atoms. The summed E-state index contributed by atoms with van der Waals surface area (Å²) >= 11 is 3.34. The van der Waals surface area contributed by atoms with Gasteiger partial charge in [-0.3, -0.25) is 0 Å². The number of rotatable bonds is 6. The van der Waals surface area contributed by atoms with Crippen LogP contribution in [0.25, 0.3) is 10.6 Å². The third-order valence-electron chi connectivity index (χ3n) is 5.01. The first-order chi connectivity index (χ1) is 14.0. The largest absolute Gasteiger partial charge is 0.416 e. The van der Waals surface area contributed by atoms with Crippen molar-refractivity contribution in [3.8, 4) is 10.6 Å². The first-order valence-corrected chi connectivity index (χ1v) is 11.8. The number of thiazole rings is 1. The molecule has 6 heteroatoms. The van der Waals surface area contributed by atoms with E-state index in [1.807, 2.05) is 6.92 Å². The molecule has 0 bridgehead atoms. The molecule has 0 fully saturated rings. The lowest BCUT2D eigenvalue weighted by atomic mass is 9.96. The van der Waals surface area contributed by atoms with E-state index in [2.05, 4.69) is 50.9 Å². The molecule has 0 aliphatic heterocycles. The van der Waals surface area contributed by atoms with Crippen molar-refractivity contribution >= 4 is 23.1 Å². The predicted octanol–water partition coefficient (Wildman–Crippen LogP) is 8.68. The second-order valence-electron chi connectivity index (χ2n) is 8.04. The summed E-state index contributed by atoms with van der Waals surface area (Å²) in [5.41, 5.74) is 3.70. The van der Waals surface area contributed by atoms with Crippen molar-refractivity contribution in [1.29, 1.82) is 0 Å². The van der Waals surface area contributed by atoms with Crippen LogP contribution in [0, 0.1) is 6.92 Å². The van der Waals surface area contributed by atoms with E-state index in [4.69, 9.17) is 0 Å². The summed E-state index contributed by atoms with van der Waals surface area (Å²) in [5.74, 6) is 1.74. The first-order valence-electron chi connectivity index (χ1n) is 9.96. The molecule has 2 aromatic carbocycles. The van der Waals surface area contributed by atoms with Gasteiger partial charge in [-0.05, 0) is 54.2 Å². The van der Waals surface area contributed by atoms with Crippen molar-refractivity contribution in [2.45, 2.75) is 63.3 Å². The molecule has 0 aliphatic carbocycles. The van der Waals surface area contributed by atoms with Crippen molar-refractivity contribution in [3.05, 3.63) is 69.7 Å². The number of aromatic nitrogens is 1. The van der Waals surface area contributed by atoms with Crippen molar-refractivity contribution < 1.29 is 13.2 Å². The summed E-state index contributed by atoms with van der Waals surface area (Å²) in [7, 11) is 0. The average molecular weight is 450 g/mol. The van der Waals surface area contributed by atoms with Gasteiger partial charge in [-0.15, -0.1) is 23.1 Å². The molecule has 30 heavy (non-hydrogen) atoms. The van der Waals surface area contributed by atoms with Crippen molar-refractivity contribution in [3.63, 3.8) is 0 Å². The topological polar surface area (TPSA) is 12.9 Å². The molecule has 0 saturated heterocycles. The number of hydrogen-bond donors (Lipinski definition) is 0. The maximum absolute atomic E-state index is 12.8. The van der Waals surface area contributed by atoms with Gasteiger partial charge in [0.2, 0.25) is 0 Å². The number of benzene rings is 2. The molecular weight excluding hydrogens is 423 g/mol. The van der Waals surface area contributed by atoms with Crippen LogP contribution in [0.1, 0.15) is 66.8 Å². The van der Waals surface area contributed by atoms with Gasteiger partial charge in [-0.2, -0.15) is 13.2 Å². The number of hydrogen-bond acceptors (Lipinski definition) is 3. The lowest BCUT2D eigenvalue weighted by Crippen LogP contribution is -2.03. The fraction of sp³-hybridized carbons (Fsp3) is 0.375. The van der Waals surface area contributed by atoms with Gasteiger partial charge in [-0.25, -0.2) is 4.98 Å². The summed E-state index contributed by atoms with van der Waals surface area (Å²) < 4.78 is 38.4. The molecule has 0 saturated carbocycles. The van der Waals surface area contributed by atoms with Gasteiger partial charge in [0.25, 0.3) is 0 Å². The summed E-state index contributed by atoms with van der Waals surface area (Å²) in [4.78, 5) is 6.99. The van der Waals surface area contributed by atoms with Crippen LogP contribution >= 0.6 is 23.1 Å². The molecular formula is C24H26F3NS2. The minimum absolute atomic E-state index is 0.472. The summed E-state index contributed by atoms with van der Waals surface area (Å²) in [6, 6.07) is 12.0. The van der Waals surface area contributed by atoms with Gasteiger partial charge in [0.05, 0.1) is 11.3 Å². The van der Waals surface area contributed by atoms with Crippen LogP contribution in [0.15, 0.2) is 47.4 Å². The molecule has 160 valence electrons. The Balaban J connectivity index is 1.79. The Bertz CT molecular complexity index is 976. The van der Waals surface area contributed by atoms with Crippen LogP contribution in [0.3, 0.4) is 0 Å². The normalized spacial score (nSPS) is 12.2. The molecule has 1 aromatic heterocycles. The molecule has 0 amide bonds. The first kappa shape index (κ1) is 22.9. The lowest BCUT2D eigenvalue weighted by molar-refractivity contribution is -0.137. The van der Waals surface area contributed by atoms with Crippen LogP contribution in [0.4, 0.5) is 13.2 Å². The zero-order valence-corrected chi connectivity index (χ0v) is 19.4. The molecule has 0 N–H and O–H groups in total. The molecule has 0 radical (unpaired) electrons. The second-order valence-corrected chi connectivity index (χ2v) is 10.2. The van der Waals surface area contributed by atoms with E-state index < -0.39 is 11.7 Å². The van der Waals surface area contributed by atoms with E-state index in [0.29, 0.717) is 11.8 Å². The number of halogens is 3. The highest BCUT2D eigenvalue weighted by Crippen LogP contribution is 2.36. The van der Waals surface area contributed by atoms with Gasteiger partial charge in [0, 0.05) is 21.1 Å². The standard InChI is InChI=1S/C24H26F3NS2/c1-14(2)18-10-19(15(3)4)12-21(11-18)29-13-22-16(5)28-23(30-22)17-6-8-20(9-7-17)24(25,26)27/h6-12,14-15H,13H2,1-5H3. The Morgan fingerprint density at radius 2 is 1.50 bits per heavy atom. The van der Waals surface area contributed by atoms with Gasteiger partial charge >= 0.3 is 6.18 Å². The Morgan fingerprint density at radius 1 is 0.933 bits per heavy atom. The number of aryl methyl sites for hydroxylation is 1. The molecule has 3 rings (SSSR count). The van der Waals surface area contributed by atoms with Crippen molar-refractivity contribution in [2.24, 2.45) is 0 Å². The van der Waals surface area contributed by atoms with Gasteiger partial charge in [-0.1, -0.05) is 45.9 Å². The van der Waals surface area contributed by atoms with Crippen LogP contribution in [0.2, 0.25) is 0 Å². The molecule has 1 heterocycles.